The van der Waals surface area contributed by atoms with Gasteiger partial charge in [-0.15, -0.1) is 0 Å². The maximum atomic E-state index is 12.1. The third-order valence-electron chi connectivity index (χ3n) is 4.59. The Kier molecular flexibility index (Phi) is 6.52. The Labute approximate surface area is 184 Å². The summed E-state index contributed by atoms with van der Waals surface area (Å²) in [5.74, 6) is -1.59. The monoisotopic (exact) mass is 466 g/mol. The molecule has 0 aliphatic carbocycles. The highest BCUT2D eigenvalue weighted by atomic mass is 79.9. The van der Waals surface area contributed by atoms with Gasteiger partial charge in [0, 0.05) is 32.8 Å². The Morgan fingerprint density at radius 3 is 2.33 bits per heavy atom. The average molecular weight is 467 g/mol. The van der Waals surface area contributed by atoms with Crippen LogP contribution in [-0.4, -0.2) is 22.6 Å². The molecule has 1 heterocycles. The molecule has 30 heavy (non-hydrogen) atoms. The van der Waals surface area contributed by atoms with Crippen LogP contribution in [0.4, 0.5) is 5.69 Å². The molecule has 0 bridgehead atoms. The zero-order valence-electron chi connectivity index (χ0n) is 17.3. The lowest BCUT2D eigenvalue weighted by molar-refractivity contribution is -0.136. The normalized spacial score (nSPS) is 11.0. The number of rotatable bonds is 4. The van der Waals surface area contributed by atoms with Crippen LogP contribution in [0.5, 0.6) is 0 Å². The number of benzene rings is 2. The van der Waals surface area contributed by atoms with Crippen LogP contribution in [0.1, 0.15) is 28.1 Å². The van der Waals surface area contributed by atoms with E-state index in [4.69, 9.17) is 0 Å². The Bertz CT molecular complexity index is 1130. The summed E-state index contributed by atoms with van der Waals surface area (Å²) in [7, 11) is 0. The van der Waals surface area contributed by atoms with Gasteiger partial charge < -0.3 is 9.88 Å². The molecule has 154 valence electrons. The lowest BCUT2D eigenvalue weighted by atomic mass is 10.1. The first-order valence-electron chi connectivity index (χ1n) is 9.42. The van der Waals surface area contributed by atoms with Crippen LogP contribution in [0.25, 0.3) is 5.69 Å². The fraction of sp³-hybridized carbons (Fsp3) is 0.174. The van der Waals surface area contributed by atoms with Crippen LogP contribution >= 0.6 is 15.9 Å². The molecule has 0 saturated carbocycles. The Hall–Kier alpha value is -3.19. The topological polar surface area (TPSA) is 75.5 Å². The minimum absolute atomic E-state index is 0.578. The van der Waals surface area contributed by atoms with Gasteiger partial charge in [-0.25, -0.2) is 5.43 Å². The number of carbonyl (C=O) groups excluding carboxylic acids is 2. The van der Waals surface area contributed by atoms with Crippen LogP contribution in [0.3, 0.4) is 0 Å². The molecule has 2 N–H and O–H groups in total. The molecule has 0 saturated heterocycles. The molecule has 1 aromatic heterocycles. The number of hydrazone groups is 1. The molecule has 0 fully saturated rings. The van der Waals surface area contributed by atoms with Gasteiger partial charge in [-0.1, -0.05) is 28.1 Å². The van der Waals surface area contributed by atoms with Crippen molar-refractivity contribution >= 4 is 39.6 Å². The lowest BCUT2D eigenvalue weighted by Gasteiger charge is -2.09. The molecule has 0 aliphatic heterocycles. The van der Waals surface area contributed by atoms with Gasteiger partial charge in [0.1, 0.15) is 0 Å². The molecule has 0 spiro atoms. The van der Waals surface area contributed by atoms with E-state index in [-0.39, 0.29) is 0 Å². The van der Waals surface area contributed by atoms with Gasteiger partial charge in [0.2, 0.25) is 0 Å². The maximum absolute atomic E-state index is 12.1. The molecule has 0 unspecified atom stereocenters. The van der Waals surface area contributed by atoms with Crippen molar-refractivity contribution in [1.29, 1.82) is 0 Å². The van der Waals surface area contributed by atoms with Crippen molar-refractivity contribution < 1.29 is 9.59 Å². The van der Waals surface area contributed by atoms with Crippen LogP contribution in [0.15, 0.2) is 58.1 Å². The summed E-state index contributed by atoms with van der Waals surface area (Å²) in [5, 5.41) is 6.55. The van der Waals surface area contributed by atoms with Crippen molar-refractivity contribution in [2.45, 2.75) is 27.7 Å². The van der Waals surface area contributed by atoms with Gasteiger partial charge in [-0.05, 0) is 75.2 Å². The molecule has 3 rings (SSSR count). The molecule has 2 aromatic carbocycles. The van der Waals surface area contributed by atoms with Crippen molar-refractivity contribution in [3.05, 3.63) is 81.1 Å². The van der Waals surface area contributed by atoms with Gasteiger partial charge >= 0.3 is 11.8 Å². The molecular weight excluding hydrogens is 444 g/mol. The predicted molar refractivity (Wildman–Crippen MR) is 123 cm³/mol. The molecular formula is C23H23BrN4O2. The van der Waals surface area contributed by atoms with E-state index in [1.807, 2.05) is 64.1 Å². The Morgan fingerprint density at radius 2 is 1.67 bits per heavy atom. The van der Waals surface area contributed by atoms with Gasteiger partial charge in [0.25, 0.3) is 0 Å². The number of aryl methyl sites for hydroxylation is 3. The number of aromatic nitrogens is 1. The second-order valence-corrected chi connectivity index (χ2v) is 8.09. The summed E-state index contributed by atoms with van der Waals surface area (Å²) in [6.07, 6.45) is 1.54. The van der Waals surface area contributed by atoms with Crippen LogP contribution < -0.4 is 10.7 Å². The van der Waals surface area contributed by atoms with Gasteiger partial charge in [-0.2, -0.15) is 5.10 Å². The highest BCUT2D eigenvalue weighted by molar-refractivity contribution is 9.10. The maximum Gasteiger partial charge on any atom is 0.329 e. The molecule has 2 amide bonds. The van der Waals surface area contributed by atoms with Gasteiger partial charge in [0.05, 0.1) is 6.21 Å². The van der Waals surface area contributed by atoms with E-state index in [1.54, 1.807) is 18.3 Å². The number of anilines is 1. The van der Waals surface area contributed by atoms with Crippen molar-refractivity contribution in [1.82, 2.24) is 9.99 Å². The minimum Gasteiger partial charge on any atom is -0.318 e. The first-order valence-corrected chi connectivity index (χ1v) is 10.2. The third kappa shape index (κ3) is 5.04. The minimum atomic E-state index is -0.828. The van der Waals surface area contributed by atoms with Crippen molar-refractivity contribution in [3.8, 4) is 5.69 Å². The average Bonchev–Trinajstić information content (AvgIpc) is 2.94. The molecule has 0 aliphatic rings. The standard InChI is InChI=1S/C23H23BrN4O2/c1-14-8-15(2)10-20(9-14)26-22(29)23(30)27-25-13-18-11-16(3)28(17(18)4)21-7-5-6-19(24)12-21/h5-13H,1-4H3,(H,26,29)(H,27,30)/b25-13-. The molecule has 0 radical (unpaired) electrons. The SMILES string of the molecule is Cc1cc(C)cc(NC(=O)C(=O)N/N=C\c2cc(C)n(-c3cccc(Br)c3)c2C)c1. The Balaban J connectivity index is 1.68. The summed E-state index contributed by atoms with van der Waals surface area (Å²) in [6.45, 7) is 7.83. The van der Waals surface area contributed by atoms with Crippen molar-refractivity contribution in [2.24, 2.45) is 5.10 Å². The molecule has 3 aromatic rings. The van der Waals surface area contributed by atoms with E-state index in [0.29, 0.717) is 5.69 Å². The Morgan fingerprint density at radius 1 is 0.967 bits per heavy atom. The first-order chi connectivity index (χ1) is 14.2. The summed E-state index contributed by atoms with van der Waals surface area (Å²) < 4.78 is 3.09. The highest BCUT2D eigenvalue weighted by Gasteiger charge is 2.14. The van der Waals surface area contributed by atoms with E-state index >= 15 is 0 Å². The lowest BCUT2D eigenvalue weighted by Crippen LogP contribution is -2.32. The van der Waals surface area contributed by atoms with E-state index in [0.717, 1.165) is 38.2 Å². The van der Waals surface area contributed by atoms with Crippen molar-refractivity contribution in [2.75, 3.05) is 5.32 Å². The van der Waals surface area contributed by atoms with Gasteiger partial charge in [0.15, 0.2) is 0 Å². The van der Waals surface area contributed by atoms with Crippen LogP contribution in [0.2, 0.25) is 0 Å². The summed E-state index contributed by atoms with van der Waals surface area (Å²) >= 11 is 3.49. The van der Waals surface area contributed by atoms with Crippen molar-refractivity contribution in [3.63, 3.8) is 0 Å². The number of amides is 2. The zero-order valence-corrected chi connectivity index (χ0v) is 18.9. The summed E-state index contributed by atoms with van der Waals surface area (Å²) in [6, 6.07) is 15.6. The second kappa shape index (κ2) is 9.09. The van der Waals surface area contributed by atoms with E-state index < -0.39 is 11.8 Å². The second-order valence-electron chi connectivity index (χ2n) is 7.17. The number of nitrogens with zero attached hydrogens (tertiary/aromatic N) is 2. The number of nitrogens with one attached hydrogen (secondary N) is 2. The van der Waals surface area contributed by atoms with E-state index in [9.17, 15) is 9.59 Å². The summed E-state index contributed by atoms with van der Waals surface area (Å²) in [4.78, 5) is 24.2. The number of carbonyl (C=O) groups is 2. The quantitative estimate of drug-likeness (QED) is 0.335. The highest BCUT2D eigenvalue weighted by Crippen LogP contribution is 2.22. The molecule has 7 heteroatoms. The largest absolute Gasteiger partial charge is 0.329 e. The predicted octanol–water partition coefficient (Wildman–Crippen LogP) is 4.56. The number of halogens is 1. The number of hydrogen-bond donors (Lipinski definition) is 2. The van der Waals surface area contributed by atoms with Gasteiger partial charge in [-0.3, -0.25) is 9.59 Å². The van der Waals surface area contributed by atoms with E-state index in [2.05, 4.69) is 36.3 Å². The smallest absolute Gasteiger partial charge is 0.318 e. The third-order valence-corrected chi connectivity index (χ3v) is 5.09. The fourth-order valence-electron chi connectivity index (χ4n) is 3.38. The molecule has 0 atom stereocenters. The van der Waals surface area contributed by atoms with E-state index in [1.165, 1.54) is 0 Å². The first kappa shape index (κ1) is 21.5. The fourth-order valence-corrected chi connectivity index (χ4v) is 3.76. The summed E-state index contributed by atoms with van der Waals surface area (Å²) in [5.41, 5.74) is 8.76. The number of hydrogen-bond acceptors (Lipinski definition) is 3. The van der Waals surface area contributed by atoms with Crippen LogP contribution in [-0.2, 0) is 9.59 Å². The molecule has 6 nitrogen and oxygen atoms in total. The zero-order chi connectivity index (χ0) is 21.8. The van der Waals surface area contributed by atoms with Crippen LogP contribution in [0, 0.1) is 27.7 Å².